The first-order valence-corrected chi connectivity index (χ1v) is 10.2. The molecule has 0 aromatic carbocycles. The molecule has 0 unspecified atom stereocenters. The highest BCUT2D eigenvalue weighted by Crippen LogP contribution is 2.34. The Morgan fingerprint density at radius 1 is 1.00 bits per heavy atom. The molecule has 20 heavy (non-hydrogen) atoms. The van der Waals surface area contributed by atoms with Crippen LogP contribution in [-0.2, 0) is 4.79 Å². The molecule has 0 aliphatic rings. The van der Waals surface area contributed by atoms with Crippen molar-refractivity contribution in [2.24, 2.45) is 5.41 Å². The SMILES string of the molecule is CC.CC.CCSSC(C)(C)CNC(=O)C(C)(C)CC. The average Bonchev–Trinajstić information content (AvgIpc) is 2.47. The zero-order valence-corrected chi connectivity index (χ0v) is 17.0. The first-order chi connectivity index (χ1) is 9.25. The summed E-state index contributed by atoms with van der Waals surface area (Å²) in [5, 5.41) is 3.05. The topological polar surface area (TPSA) is 29.1 Å². The minimum absolute atomic E-state index is 0.0974. The maximum absolute atomic E-state index is 11.9. The molecule has 2 nitrogen and oxygen atoms in total. The average molecular weight is 324 g/mol. The van der Waals surface area contributed by atoms with E-state index in [-0.39, 0.29) is 16.1 Å². The molecule has 0 aromatic heterocycles. The Balaban J connectivity index is -0.000000656. The molecule has 0 rings (SSSR count). The Morgan fingerprint density at radius 3 is 1.80 bits per heavy atom. The van der Waals surface area contributed by atoms with Gasteiger partial charge in [0.2, 0.25) is 5.91 Å². The van der Waals surface area contributed by atoms with Crippen molar-refractivity contribution in [3.05, 3.63) is 0 Å². The van der Waals surface area contributed by atoms with Crippen molar-refractivity contribution < 1.29 is 4.79 Å². The van der Waals surface area contributed by atoms with E-state index in [0.29, 0.717) is 0 Å². The molecule has 0 spiro atoms. The normalized spacial score (nSPS) is 10.7. The molecule has 0 saturated carbocycles. The van der Waals surface area contributed by atoms with Gasteiger partial charge in [-0.15, -0.1) is 0 Å². The van der Waals surface area contributed by atoms with Crippen LogP contribution in [0.1, 0.15) is 75.7 Å². The van der Waals surface area contributed by atoms with Crippen LogP contribution in [0.5, 0.6) is 0 Å². The van der Waals surface area contributed by atoms with Crippen molar-refractivity contribution in [3.8, 4) is 0 Å². The Kier molecular flexibility index (Phi) is 17.8. The zero-order chi connectivity index (χ0) is 16.8. The standard InChI is InChI=1S/C12H25NOS2.2C2H6/c1-7-11(3,4)10(14)13-9-12(5,6)16-15-8-2;2*1-2/h7-9H2,1-6H3,(H,13,14);2*1-2H3. The summed E-state index contributed by atoms with van der Waals surface area (Å²) in [5.74, 6) is 1.26. The summed E-state index contributed by atoms with van der Waals surface area (Å²) in [5.41, 5.74) is -0.251. The van der Waals surface area contributed by atoms with Crippen LogP contribution >= 0.6 is 21.6 Å². The molecule has 0 atom stereocenters. The molecule has 0 aliphatic heterocycles. The van der Waals surface area contributed by atoms with Gasteiger partial charge in [0.15, 0.2) is 0 Å². The minimum Gasteiger partial charge on any atom is -0.354 e. The number of nitrogens with one attached hydrogen (secondary N) is 1. The quantitative estimate of drug-likeness (QED) is 0.603. The highest BCUT2D eigenvalue weighted by atomic mass is 33.1. The van der Waals surface area contributed by atoms with Gasteiger partial charge in [0.1, 0.15) is 0 Å². The molecule has 0 aliphatic carbocycles. The largest absolute Gasteiger partial charge is 0.354 e. The summed E-state index contributed by atoms with van der Waals surface area (Å²) in [4.78, 5) is 11.9. The van der Waals surface area contributed by atoms with E-state index < -0.39 is 0 Å². The fourth-order valence-corrected chi connectivity index (χ4v) is 3.00. The van der Waals surface area contributed by atoms with E-state index >= 15 is 0 Å². The molecule has 0 radical (unpaired) electrons. The van der Waals surface area contributed by atoms with Gasteiger partial charge in [0.25, 0.3) is 0 Å². The van der Waals surface area contributed by atoms with Crippen molar-refractivity contribution in [2.75, 3.05) is 12.3 Å². The number of rotatable bonds is 7. The number of amides is 1. The van der Waals surface area contributed by atoms with Gasteiger partial charge in [-0.05, 0) is 20.3 Å². The van der Waals surface area contributed by atoms with Crippen molar-refractivity contribution >= 4 is 27.5 Å². The summed E-state index contributed by atoms with van der Waals surface area (Å²) >= 11 is 0. The van der Waals surface area contributed by atoms with E-state index in [4.69, 9.17) is 0 Å². The predicted molar refractivity (Wildman–Crippen MR) is 99.6 cm³/mol. The Labute approximate surface area is 136 Å². The number of hydrogen-bond acceptors (Lipinski definition) is 3. The highest BCUT2D eigenvalue weighted by molar-refractivity contribution is 8.77. The maximum atomic E-state index is 11.9. The second-order valence-corrected chi connectivity index (χ2v) is 8.46. The van der Waals surface area contributed by atoms with E-state index in [9.17, 15) is 4.79 Å². The van der Waals surface area contributed by atoms with Gasteiger partial charge in [-0.2, -0.15) is 0 Å². The molecule has 0 bridgehead atoms. The smallest absolute Gasteiger partial charge is 0.225 e. The molecular weight excluding hydrogens is 286 g/mol. The van der Waals surface area contributed by atoms with Crippen LogP contribution < -0.4 is 5.32 Å². The summed E-state index contributed by atoms with van der Waals surface area (Å²) in [6.07, 6.45) is 0.871. The van der Waals surface area contributed by atoms with Crippen LogP contribution in [0.3, 0.4) is 0 Å². The third-order valence-electron chi connectivity index (χ3n) is 2.58. The van der Waals surface area contributed by atoms with Gasteiger partial charge in [0.05, 0.1) is 0 Å². The molecule has 0 aromatic rings. The van der Waals surface area contributed by atoms with E-state index in [1.807, 2.05) is 70.1 Å². The summed E-state index contributed by atoms with van der Waals surface area (Å²) in [6.45, 7) is 21.2. The van der Waals surface area contributed by atoms with Crippen LogP contribution in [-0.4, -0.2) is 23.0 Å². The van der Waals surface area contributed by atoms with Crippen molar-refractivity contribution in [2.45, 2.75) is 80.4 Å². The molecule has 0 saturated heterocycles. The van der Waals surface area contributed by atoms with Gasteiger partial charge in [-0.3, -0.25) is 4.79 Å². The Morgan fingerprint density at radius 2 is 1.45 bits per heavy atom. The third-order valence-corrected chi connectivity index (χ3v) is 5.94. The van der Waals surface area contributed by atoms with Crippen molar-refractivity contribution in [3.63, 3.8) is 0 Å². The lowest BCUT2D eigenvalue weighted by Crippen LogP contribution is -2.42. The molecule has 1 N–H and O–H groups in total. The summed E-state index contributed by atoms with van der Waals surface area (Å²) < 4.78 is 0.0974. The molecule has 4 heteroatoms. The molecule has 1 amide bonds. The van der Waals surface area contributed by atoms with Crippen molar-refractivity contribution in [1.29, 1.82) is 0 Å². The lowest BCUT2D eigenvalue weighted by Gasteiger charge is -2.27. The second-order valence-electron chi connectivity index (χ2n) is 5.17. The first kappa shape index (κ1) is 25.1. The van der Waals surface area contributed by atoms with Crippen LogP contribution in [0, 0.1) is 5.41 Å². The van der Waals surface area contributed by atoms with Gasteiger partial charge in [0, 0.05) is 22.5 Å². The van der Waals surface area contributed by atoms with Crippen LogP contribution in [0.2, 0.25) is 0 Å². The number of carbonyl (C=O) groups excluding carboxylic acids is 1. The van der Waals surface area contributed by atoms with E-state index in [2.05, 4.69) is 26.1 Å². The predicted octanol–water partition coefficient (Wildman–Crippen LogP) is 5.77. The molecule has 0 heterocycles. The number of carbonyl (C=O) groups is 1. The van der Waals surface area contributed by atoms with Crippen LogP contribution in [0.25, 0.3) is 0 Å². The minimum atomic E-state index is -0.251. The van der Waals surface area contributed by atoms with Crippen LogP contribution in [0.15, 0.2) is 0 Å². The monoisotopic (exact) mass is 323 g/mol. The van der Waals surface area contributed by atoms with Crippen LogP contribution in [0.4, 0.5) is 0 Å². The Bertz CT molecular complexity index is 229. The van der Waals surface area contributed by atoms with E-state index in [1.54, 1.807) is 0 Å². The second kappa shape index (κ2) is 14.1. The fourth-order valence-electron chi connectivity index (χ4n) is 0.941. The zero-order valence-electron chi connectivity index (χ0n) is 15.3. The van der Waals surface area contributed by atoms with E-state index in [0.717, 1.165) is 18.7 Å². The van der Waals surface area contributed by atoms with E-state index in [1.165, 1.54) is 0 Å². The van der Waals surface area contributed by atoms with Gasteiger partial charge in [-0.1, -0.05) is 77.0 Å². The highest BCUT2D eigenvalue weighted by Gasteiger charge is 2.27. The van der Waals surface area contributed by atoms with Crippen molar-refractivity contribution in [1.82, 2.24) is 5.32 Å². The third kappa shape index (κ3) is 13.2. The summed E-state index contributed by atoms with van der Waals surface area (Å²) in [7, 11) is 3.69. The van der Waals surface area contributed by atoms with Gasteiger partial charge < -0.3 is 5.32 Å². The van der Waals surface area contributed by atoms with Gasteiger partial charge in [-0.25, -0.2) is 0 Å². The molecule has 124 valence electrons. The Hall–Kier alpha value is 0.170. The molecule has 0 fully saturated rings. The summed E-state index contributed by atoms with van der Waals surface area (Å²) in [6, 6.07) is 0. The maximum Gasteiger partial charge on any atom is 0.225 e. The first-order valence-electron chi connectivity index (χ1n) is 7.84. The lowest BCUT2D eigenvalue weighted by atomic mass is 9.89. The lowest BCUT2D eigenvalue weighted by molar-refractivity contribution is -0.129. The number of hydrogen-bond donors (Lipinski definition) is 1. The van der Waals surface area contributed by atoms with Gasteiger partial charge >= 0.3 is 0 Å². The fraction of sp³-hybridized carbons (Fsp3) is 0.938. The molecular formula is C16H37NOS2.